The lowest BCUT2D eigenvalue weighted by Gasteiger charge is -2.31. The van der Waals surface area contributed by atoms with Gasteiger partial charge in [0.05, 0.1) is 19.3 Å². The molecule has 39 heavy (non-hydrogen) atoms. The number of piperidine rings is 1. The van der Waals surface area contributed by atoms with Crippen molar-refractivity contribution < 1.29 is 24.5 Å². The van der Waals surface area contributed by atoms with Crippen molar-refractivity contribution in [3.63, 3.8) is 0 Å². The molecule has 3 aromatic carbocycles. The Morgan fingerprint density at radius 3 is 1.95 bits per heavy atom. The first-order valence-corrected chi connectivity index (χ1v) is 13.3. The molecule has 0 aromatic heterocycles. The summed E-state index contributed by atoms with van der Waals surface area (Å²) >= 11 is 0. The second-order valence-electron chi connectivity index (χ2n) is 9.87. The lowest BCUT2D eigenvalue weighted by molar-refractivity contribution is 0.0564. The van der Waals surface area contributed by atoms with Crippen LogP contribution in [-0.2, 0) is 4.74 Å². The van der Waals surface area contributed by atoms with E-state index in [1.807, 2.05) is 24.3 Å². The minimum atomic E-state index is -0.899. The molecule has 2 amide bonds. The maximum absolute atomic E-state index is 13.0. The highest BCUT2D eigenvalue weighted by atomic mass is 16.5. The third-order valence-corrected chi connectivity index (χ3v) is 7.19. The van der Waals surface area contributed by atoms with Crippen LogP contribution in [-0.4, -0.2) is 72.4 Å². The van der Waals surface area contributed by atoms with E-state index in [9.17, 15) is 19.8 Å². The first kappa shape index (κ1) is 26.7. The number of nitrogens with zero attached hydrogens (tertiary/aromatic N) is 2. The van der Waals surface area contributed by atoms with E-state index in [4.69, 9.17) is 4.74 Å². The summed E-state index contributed by atoms with van der Waals surface area (Å²) in [5.74, 6) is -0.131. The third-order valence-electron chi connectivity index (χ3n) is 7.19. The highest BCUT2D eigenvalue weighted by Gasteiger charge is 2.19. The Balaban J connectivity index is 1.14. The summed E-state index contributed by atoms with van der Waals surface area (Å²) in [6.07, 6.45) is 0.421. The Bertz CT molecular complexity index is 1250. The van der Waals surface area contributed by atoms with Crippen LogP contribution in [0.3, 0.4) is 0 Å². The zero-order chi connectivity index (χ0) is 27.2. The summed E-state index contributed by atoms with van der Waals surface area (Å²) in [6.45, 7) is 3.83. The number of urea groups is 1. The van der Waals surface area contributed by atoms with Crippen LogP contribution in [0.4, 0.5) is 21.9 Å². The number of amides is 2. The van der Waals surface area contributed by atoms with Crippen molar-refractivity contribution >= 4 is 28.9 Å². The molecule has 9 nitrogen and oxygen atoms in total. The van der Waals surface area contributed by atoms with Gasteiger partial charge in [-0.1, -0.05) is 12.1 Å². The van der Waals surface area contributed by atoms with Crippen molar-refractivity contribution in [3.05, 3.63) is 89.5 Å². The Hall–Kier alpha value is -3.92. The number of aliphatic hydroxyl groups is 2. The van der Waals surface area contributed by atoms with Gasteiger partial charge in [-0.25, -0.2) is 4.79 Å². The van der Waals surface area contributed by atoms with Gasteiger partial charge in [-0.2, -0.15) is 0 Å². The van der Waals surface area contributed by atoms with Gasteiger partial charge in [-0.15, -0.1) is 0 Å². The molecule has 0 radical (unpaired) electrons. The van der Waals surface area contributed by atoms with Crippen LogP contribution in [0.25, 0.3) is 0 Å². The van der Waals surface area contributed by atoms with E-state index in [1.165, 1.54) is 0 Å². The Morgan fingerprint density at radius 1 is 0.795 bits per heavy atom. The van der Waals surface area contributed by atoms with Crippen LogP contribution >= 0.6 is 0 Å². The number of hydrogen-bond acceptors (Lipinski definition) is 7. The fourth-order valence-corrected chi connectivity index (χ4v) is 4.79. The van der Waals surface area contributed by atoms with Crippen LogP contribution < -0.4 is 15.5 Å². The van der Waals surface area contributed by atoms with Crippen LogP contribution in [0.2, 0.25) is 0 Å². The molecule has 3 aromatic rings. The Labute approximate surface area is 228 Å². The van der Waals surface area contributed by atoms with Crippen molar-refractivity contribution in [2.24, 2.45) is 0 Å². The summed E-state index contributed by atoms with van der Waals surface area (Å²) in [5.41, 5.74) is 4.16. The standard InChI is InChI=1S/C30H34N4O5/c35-27-13-15-33(16-14-27)26-11-5-23(6-12-26)29(37)31-24-7-1-21(2-8-24)28(36)22-3-9-25(10-4-22)32-30(38)34-17-19-39-20-18-34/h1-12,27,29,31,35,37H,13-20H2,(H,32,38). The predicted octanol–water partition coefficient (Wildman–Crippen LogP) is 3.85. The van der Waals surface area contributed by atoms with Gasteiger partial charge in [0.1, 0.15) is 0 Å². The van der Waals surface area contributed by atoms with Crippen LogP contribution in [0.5, 0.6) is 0 Å². The number of aliphatic hydroxyl groups excluding tert-OH is 2. The molecule has 0 spiro atoms. The predicted molar refractivity (Wildman–Crippen MR) is 150 cm³/mol. The number of carbonyl (C=O) groups is 2. The minimum Gasteiger partial charge on any atom is -0.393 e. The average molecular weight is 531 g/mol. The smallest absolute Gasteiger partial charge is 0.321 e. The quantitative estimate of drug-likeness (QED) is 0.271. The number of hydrogen-bond donors (Lipinski definition) is 4. The van der Waals surface area contributed by atoms with Crippen molar-refractivity contribution in [1.82, 2.24) is 4.90 Å². The van der Waals surface area contributed by atoms with Crippen LogP contribution in [0.15, 0.2) is 72.8 Å². The number of ketones is 1. The van der Waals surface area contributed by atoms with Gasteiger partial charge in [0.2, 0.25) is 0 Å². The highest BCUT2D eigenvalue weighted by Crippen LogP contribution is 2.24. The van der Waals surface area contributed by atoms with Gasteiger partial charge in [-0.05, 0) is 73.5 Å². The largest absolute Gasteiger partial charge is 0.393 e. The molecule has 2 fully saturated rings. The third kappa shape index (κ3) is 6.75. The van der Waals surface area contributed by atoms with Crippen molar-refractivity contribution in [1.29, 1.82) is 0 Å². The molecular formula is C30H34N4O5. The number of ether oxygens (including phenoxy) is 1. The average Bonchev–Trinajstić information content (AvgIpc) is 2.98. The number of morpholine rings is 1. The molecule has 0 bridgehead atoms. The number of rotatable bonds is 7. The summed E-state index contributed by atoms with van der Waals surface area (Å²) in [7, 11) is 0. The van der Waals surface area contributed by atoms with E-state index in [1.54, 1.807) is 53.4 Å². The summed E-state index contributed by atoms with van der Waals surface area (Å²) in [6, 6.07) is 21.4. The van der Waals surface area contributed by atoms with E-state index in [2.05, 4.69) is 15.5 Å². The van der Waals surface area contributed by atoms with E-state index in [-0.39, 0.29) is 17.9 Å². The van der Waals surface area contributed by atoms with E-state index in [0.29, 0.717) is 48.8 Å². The normalized spacial score (nSPS) is 17.0. The van der Waals surface area contributed by atoms with Crippen molar-refractivity contribution in [3.8, 4) is 0 Å². The van der Waals surface area contributed by atoms with Gasteiger partial charge in [0, 0.05) is 59.9 Å². The number of carbonyl (C=O) groups excluding carboxylic acids is 2. The number of nitrogens with one attached hydrogen (secondary N) is 2. The molecule has 4 N–H and O–H groups in total. The van der Waals surface area contributed by atoms with E-state index >= 15 is 0 Å². The monoisotopic (exact) mass is 530 g/mol. The first-order valence-electron chi connectivity index (χ1n) is 13.3. The zero-order valence-electron chi connectivity index (χ0n) is 21.8. The van der Waals surface area contributed by atoms with Gasteiger partial charge in [0.25, 0.3) is 0 Å². The lowest BCUT2D eigenvalue weighted by Crippen LogP contribution is -2.43. The molecule has 0 aliphatic carbocycles. The molecular weight excluding hydrogens is 496 g/mol. The molecule has 204 valence electrons. The summed E-state index contributed by atoms with van der Waals surface area (Å²) in [4.78, 5) is 29.3. The molecule has 0 saturated carbocycles. The molecule has 2 aliphatic rings. The zero-order valence-corrected chi connectivity index (χ0v) is 21.8. The summed E-state index contributed by atoms with van der Waals surface area (Å²) in [5, 5.41) is 26.3. The second-order valence-corrected chi connectivity index (χ2v) is 9.87. The topological polar surface area (TPSA) is 114 Å². The second kappa shape index (κ2) is 12.3. The Morgan fingerprint density at radius 2 is 1.36 bits per heavy atom. The van der Waals surface area contributed by atoms with Gasteiger partial charge < -0.3 is 35.4 Å². The van der Waals surface area contributed by atoms with Gasteiger partial charge >= 0.3 is 6.03 Å². The molecule has 1 atom stereocenters. The molecule has 2 aliphatic heterocycles. The first-order chi connectivity index (χ1) is 19.0. The van der Waals surface area contributed by atoms with Crippen molar-refractivity contribution in [2.75, 3.05) is 54.9 Å². The highest BCUT2D eigenvalue weighted by molar-refractivity contribution is 6.09. The maximum atomic E-state index is 13.0. The number of anilines is 3. The molecule has 1 unspecified atom stereocenters. The molecule has 2 saturated heterocycles. The maximum Gasteiger partial charge on any atom is 0.321 e. The number of benzene rings is 3. The lowest BCUT2D eigenvalue weighted by atomic mass is 10.0. The van der Waals surface area contributed by atoms with Crippen LogP contribution in [0.1, 0.15) is 40.6 Å². The molecule has 5 rings (SSSR count). The summed E-state index contributed by atoms with van der Waals surface area (Å²) < 4.78 is 5.27. The fourth-order valence-electron chi connectivity index (χ4n) is 4.79. The molecule has 2 heterocycles. The SMILES string of the molecule is O=C(c1ccc(NC(=O)N2CCOCC2)cc1)c1ccc(NC(O)c2ccc(N3CCC(O)CC3)cc2)cc1. The minimum absolute atomic E-state index is 0.131. The van der Waals surface area contributed by atoms with Crippen molar-refractivity contribution in [2.45, 2.75) is 25.2 Å². The fraction of sp³-hybridized carbons (Fsp3) is 0.333. The van der Waals surface area contributed by atoms with E-state index < -0.39 is 6.23 Å². The van der Waals surface area contributed by atoms with Gasteiger partial charge in [0.15, 0.2) is 12.0 Å². The molecule has 9 heteroatoms. The van der Waals surface area contributed by atoms with Crippen LogP contribution in [0, 0.1) is 0 Å². The Kier molecular flexibility index (Phi) is 8.41. The van der Waals surface area contributed by atoms with Gasteiger partial charge in [-0.3, -0.25) is 4.79 Å². The van der Waals surface area contributed by atoms with E-state index in [0.717, 1.165) is 37.2 Å².